The molecular weight excluding hydrogens is 134 g/mol. The van der Waals surface area contributed by atoms with Gasteiger partial charge in [0.2, 0.25) is 0 Å². The molecule has 0 saturated heterocycles. The molecule has 1 aromatic rings. The Hall–Kier alpha value is -0.820. The maximum absolute atomic E-state index is 3.30. The van der Waals surface area contributed by atoms with Gasteiger partial charge in [0.05, 0.1) is 0 Å². The molecule has 0 aliphatic heterocycles. The molecule has 0 aromatic heterocycles. The van der Waals surface area contributed by atoms with E-state index in [-0.39, 0.29) is 0 Å². The van der Waals surface area contributed by atoms with Crippen LogP contribution in [0, 0.1) is 6.92 Å². The van der Waals surface area contributed by atoms with Crippen LogP contribution in [0.2, 0.25) is 0 Å². The van der Waals surface area contributed by atoms with Gasteiger partial charge in [-0.1, -0.05) is 18.2 Å². The molecule has 0 bridgehead atoms. The summed E-state index contributed by atoms with van der Waals surface area (Å²) in [5.74, 6) is 0. The van der Waals surface area contributed by atoms with Crippen LogP contribution >= 0.6 is 0 Å². The van der Waals surface area contributed by atoms with E-state index in [4.69, 9.17) is 0 Å². The first-order valence-corrected chi connectivity index (χ1v) is 4.08. The van der Waals surface area contributed by atoms with Gasteiger partial charge in [-0.05, 0) is 37.1 Å². The molecule has 0 spiro atoms. The second-order valence-corrected chi connectivity index (χ2v) is 3.19. The van der Waals surface area contributed by atoms with Crippen molar-refractivity contribution in [3.63, 3.8) is 0 Å². The van der Waals surface area contributed by atoms with Crippen molar-refractivity contribution in [3.8, 4) is 0 Å². The van der Waals surface area contributed by atoms with E-state index in [1.165, 1.54) is 23.1 Å². The highest BCUT2D eigenvalue weighted by molar-refractivity contribution is 5.44. The topological polar surface area (TPSA) is 12.0 Å². The van der Waals surface area contributed by atoms with Gasteiger partial charge in [0, 0.05) is 6.04 Å². The maximum atomic E-state index is 3.30. The van der Waals surface area contributed by atoms with Crippen LogP contribution < -0.4 is 5.32 Å². The van der Waals surface area contributed by atoms with Crippen molar-refractivity contribution in [1.82, 2.24) is 5.32 Å². The molecule has 1 aliphatic rings. The van der Waals surface area contributed by atoms with Crippen molar-refractivity contribution in [1.29, 1.82) is 0 Å². The van der Waals surface area contributed by atoms with E-state index in [2.05, 4.69) is 30.4 Å². The minimum absolute atomic E-state index is 0.617. The summed E-state index contributed by atoms with van der Waals surface area (Å²) >= 11 is 0. The second kappa shape index (κ2) is 2.35. The van der Waals surface area contributed by atoms with Crippen LogP contribution in [0.3, 0.4) is 0 Å². The number of benzene rings is 1. The number of hydrogen-bond donors (Lipinski definition) is 1. The molecule has 2 rings (SSSR count). The summed E-state index contributed by atoms with van der Waals surface area (Å²) in [6.45, 7) is 2.18. The summed E-state index contributed by atoms with van der Waals surface area (Å²) in [4.78, 5) is 0. The van der Waals surface area contributed by atoms with Crippen molar-refractivity contribution in [3.05, 3.63) is 34.9 Å². The standard InChI is InChI=1S/C10H13N/c1-7-4-3-5-8-6-9(11-2)10(7)8/h3-5,9,11H,6H2,1-2H3. The van der Waals surface area contributed by atoms with Crippen LogP contribution in [0.25, 0.3) is 0 Å². The molecule has 1 nitrogen and oxygen atoms in total. The predicted octanol–water partition coefficient (Wildman–Crippen LogP) is 1.81. The van der Waals surface area contributed by atoms with Gasteiger partial charge in [-0.15, -0.1) is 0 Å². The molecule has 0 fully saturated rings. The van der Waals surface area contributed by atoms with Gasteiger partial charge in [-0.25, -0.2) is 0 Å². The number of aryl methyl sites for hydroxylation is 1. The van der Waals surface area contributed by atoms with E-state index >= 15 is 0 Å². The quantitative estimate of drug-likeness (QED) is 0.638. The maximum Gasteiger partial charge on any atom is 0.0363 e. The first-order valence-electron chi connectivity index (χ1n) is 4.08. The molecule has 0 radical (unpaired) electrons. The van der Waals surface area contributed by atoms with Gasteiger partial charge in [-0.2, -0.15) is 0 Å². The van der Waals surface area contributed by atoms with Crippen LogP contribution in [0.4, 0.5) is 0 Å². The molecule has 1 atom stereocenters. The molecule has 11 heavy (non-hydrogen) atoms. The zero-order valence-electron chi connectivity index (χ0n) is 7.02. The lowest BCUT2D eigenvalue weighted by atomic mass is 9.80. The highest BCUT2D eigenvalue weighted by Gasteiger charge is 2.25. The number of likely N-dealkylation sites (N-methyl/N-ethyl adjacent to an activating group) is 1. The SMILES string of the molecule is CNC1Cc2cccc(C)c21. The van der Waals surface area contributed by atoms with E-state index in [9.17, 15) is 0 Å². The lowest BCUT2D eigenvalue weighted by Gasteiger charge is -2.31. The monoisotopic (exact) mass is 147 g/mol. The third-order valence-corrected chi connectivity index (χ3v) is 2.54. The lowest BCUT2D eigenvalue weighted by molar-refractivity contribution is 0.526. The molecule has 0 saturated carbocycles. The molecular formula is C10H13N. The lowest BCUT2D eigenvalue weighted by Crippen LogP contribution is -2.29. The third-order valence-electron chi connectivity index (χ3n) is 2.54. The zero-order valence-corrected chi connectivity index (χ0v) is 7.02. The second-order valence-electron chi connectivity index (χ2n) is 3.19. The van der Waals surface area contributed by atoms with E-state index in [1.807, 2.05) is 7.05 Å². The average molecular weight is 147 g/mol. The number of rotatable bonds is 1. The molecule has 0 amide bonds. The fraction of sp³-hybridized carbons (Fsp3) is 0.400. The molecule has 1 unspecified atom stereocenters. The Balaban J connectivity index is 2.43. The van der Waals surface area contributed by atoms with Crippen molar-refractivity contribution in [2.75, 3.05) is 7.05 Å². The van der Waals surface area contributed by atoms with E-state index in [0.717, 1.165) is 0 Å². The van der Waals surface area contributed by atoms with E-state index in [1.54, 1.807) is 0 Å². The third kappa shape index (κ3) is 0.881. The van der Waals surface area contributed by atoms with Crippen molar-refractivity contribution in [2.24, 2.45) is 0 Å². The Kier molecular flexibility index (Phi) is 1.46. The molecule has 0 heterocycles. The van der Waals surface area contributed by atoms with Gasteiger partial charge >= 0.3 is 0 Å². The minimum Gasteiger partial charge on any atom is -0.313 e. The normalized spacial score (nSPS) is 20.7. The van der Waals surface area contributed by atoms with Crippen molar-refractivity contribution >= 4 is 0 Å². The van der Waals surface area contributed by atoms with Gasteiger partial charge in [0.1, 0.15) is 0 Å². The fourth-order valence-corrected chi connectivity index (χ4v) is 1.86. The highest BCUT2D eigenvalue weighted by atomic mass is 14.9. The molecule has 1 N–H and O–H groups in total. The summed E-state index contributed by atoms with van der Waals surface area (Å²) in [6.07, 6.45) is 1.20. The Morgan fingerprint density at radius 2 is 2.27 bits per heavy atom. The molecule has 1 heteroatoms. The first kappa shape index (κ1) is 6.86. The molecule has 58 valence electrons. The van der Waals surface area contributed by atoms with Crippen LogP contribution in [0.1, 0.15) is 22.7 Å². The fourth-order valence-electron chi connectivity index (χ4n) is 1.86. The zero-order chi connectivity index (χ0) is 7.84. The summed E-state index contributed by atoms with van der Waals surface area (Å²) in [5.41, 5.74) is 4.47. The Bertz CT molecular complexity index is 264. The van der Waals surface area contributed by atoms with Gasteiger partial charge in [0.25, 0.3) is 0 Å². The summed E-state index contributed by atoms with van der Waals surface area (Å²) in [6, 6.07) is 7.16. The summed E-state index contributed by atoms with van der Waals surface area (Å²) in [7, 11) is 2.03. The summed E-state index contributed by atoms with van der Waals surface area (Å²) in [5, 5.41) is 3.30. The average Bonchev–Trinajstić information content (AvgIpc) is 1.93. The van der Waals surface area contributed by atoms with Gasteiger partial charge < -0.3 is 5.32 Å². The summed E-state index contributed by atoms with van der Waals surface area (Å²) < 4.78 is 0. The Morgan fingerprint density at radius 3 is 2.91 bits per heavy atom. The predicted molar refractivity (Wildman–Crippen MR) is 46.7 cm³/mol. The highest BCUT2D eigenvalue weighted by Crippen LogP contribution is 2.34. The van der Waals surface area contributed by atoms with Crippen molar-refractivity contribution in [2.45, 2.75) is 19.4 Å². The van der Waals surface area contributed by atoms with E-state index < -0.39 is 0 Å². The smallest absolute Gasteiger partial charge is 0.0363 e. The van der Waals surface area contributed by atoms with Crippen LogP contribution in [0.15, 0.2) is 18.2 Å². The number of nitrogens with one attached hydrogen (secondary N) is 1. The van der Waals surface area contributed by atoms with Crippen LogP contribution in [-0.4, -0.2) is 7.05 Å². The van der Waals surface area contributed by atoms with Crippen molar-refractivity contribution < 1.29 is 0 Å². The number of fused-ring (bicyclic) bond motifs is 1. The minimum atomic E-state index is 0.617. The molecule has 1 aliphatic carbocycles. The number of hydrogen-bond acceptors (Lipinski definition) is 1. The Morgan fingerprint density at radius 1 is 1.45 bits per heavy atom. The largest absolute Gasteiger partial charge is 0.313 e. The van der Waals surface area contributed by atoms with Crippen LogP contribution in [0.5, 0.6) is 0 Å². The first-order chi connectivity index (χ1) is 5.33. The van der Waals surface area contributed by atoms with E-state index in [0.29, 0.717) is 6.04 Å². The van der Waals surface area contributed by atoms with Gasteiger partial charge in [-0.3, -0.25) is 0 Å². The van der Waals surface area contributed by atoms with Crippen LogP contribution in [-0.2, 0) is 6.42 Å². The molecule has 1 aromatic carbocycles. The Labute approximate surface area is 67.4 Å². The van der Waals surface area contributed by atoms with Gasteiger partial charge in [0.15, 0.2) is 0 Å².